The Morgan fingerprint density at radius 2 is 2.00 bits per heavy atom. The van der Waals surface area contributed by atoms with Crippen LogP contribution in [0.2, 0.25) is 0 Å². The second-order valence-corrected chi connectivity index (χ2v) is 8.23. The first-order valence-electron chi connectivity index (χ1n) is 7.59. The number of carbonyl (C=O) groups is 1. The summed E-state index contributed by atoms with van der Waals surface area (Å²) in [6.45, 7) is 4.06. The highest BCUT2D eigenvalue weighted by Crippen LogP contribution is 2.26. The topological polar surface area (TPSA) is 99.2 Å². The summed E-state index contributed by atoms with van der Waals surface area (Å²) in [5.74, 6) is -0.777. The Morgan fingerprint density at radius 3 is 2.54 bits per heavy atom. The van der Waals surface area contributed by atoms with Crippen LogP contribution in [0.15, 0.2) is 40.5 Å². The Hall–Kier alpha value is -2.41. The first kappa shape index (κ1) is 16.4. The summed E-state index contributed by atoms with van der Waals surface area (Å²) in [7, 11) is -3.35. The van der Waals surface area contributed by atoms with Crippen LogP contribution in [0.25, 0.3) is 10.9 Å². The number of amides is 1. The first-order chi connectivity index (χ1) is 11.2. The monoisotopic (exact) mass is 346 g/mol. The van der Waals surface area contributed by atoms with Crippen LogP contribution in [-0.2, 0) is 9.84 Å². The van der Waals surface area contributed by atoms with Crippen LogP contribution in [-0.4, -0.2) is 24.6 Å². The molecule has 7 heteroatoms. The van der Waals surface area contributed by atoms with E-state index < -0.39 is 27.3 Å². The van der Waals surface area contributed by atoms with Gasteiger partial charge >= 0.3 is 0 Å². The molecule has 24 heavy (non-hydrogen) atoms. The predicted molar refractivity (Wildman–Crippen MR) is 92.8 cm³/mol. The fourth-order valence-electron chi connectivity index (χ4n) is 2.93. The number of sulfone groups is 1. The van der Waals surface area contributed by atoms with Crippen molar-refractivity contribution in [1.29, 1.82) is 0 Å². The van der Waals surface area contributed by atoms with E-state index in [1.54, 1.807) is 0 Å². The molecule has 2 heterocycles. The molecule has 0 saturated carbocycles. The van der Waals surface area contributed by atoms with Crippen molar-refractivity contribution in [3.05, 3.63) is 57.2 Å². The molecule has 126 valence electrons. The smallest absolute Gasteiger partial charge is 0.264 e. The highest BCUT2D eigenvalue weighted by Gasteiger charge is 2.27. The van der Waals surface area contributed by atoms with Crippen LogP contribution in [0.5, 0.6) is 0 Å². The van der Waals surface area contributed by atoms with Crippen LogP contribution in [0.3, 0.4) is 0 Å². The molecular formula is C17H18N2O4S. The quantitative estimate of drug-likeness (QED) is 0.914. The van der Waals surface area contributed by atoms with Gasteiger partial charge in [-0.05, 0) is 35.1 Å². The van der Waals surface area contributed by atoms with Gasteiger partial charge in [-0.3, -0.25) is 14.2 Å². The highest BCUT2D eigenvalue weighted by atomic mass is 32.2. The molecule has 1 aliphatic heterocycles. The lowest BCUT2D eigenvalue weighted by Crippen LogP contribution is -2.32. The van der Waals surface area contributed by atoms with Crippen molar-refractivity contribution in [1.82, 2.24) is 4.57 Å². The van der Waals surface area contributed by atoms with Gasteiger partial charge in [0, 0.05) is 5.41 Å². The minimum absolute atomic E-state index is 0.141. The van der Waals surface area contributed by atoms with Gasteiger partial charge in [-0.2, -0.15) is 0 Å². The number of rotatable bonds is 3. The fourth-order valence-corrected chi connectivity index (χ4v) is 4.20. The van der Waals surface area contributed by atoms with Gasteiger partial charge in [-0.1, -0.05) is 26.0 Å². The van der Waals surface area contributed by atoms with Crippen LogP contribution < -0.4 is 11.3 Å². The molecular weight excluding hydrogens is 328 g/mol. The largest absolute Gasteiger partial charge is 0.365 e. The molecule has 6 nitrogen and oxygen atoms in total. The molecule has 0 radical (unpaired) electrons. The average Bonchev–Trinajstić information content (AvgIpc) is 2.85. The Labute approximate surface area is 139 Å². The SMILES string of the molecule is CC(C)c1ccc2cc(C(N)=O)c(=O)n(C3C=CS(=O)(=O)C3)c2c1. The summed E-state index contributed by atoms with van der Waals surface area (Å²) in [4.78, 5) is 24.3. The van der Waals surface area contributed by atoms with Crippen LogP contribution in [0.4, 0.5) is 0 Å². The number of hydrogen-bond acceptors (Lipinski definition) is 4. The molecule has 0 fully saturated rings. The van der Waals surface area contributed by atoms with E-state index in [-0.39, 0.29) is 17.2 Å². The van der Waals surface area contributed by atoms with Crippen molar-refractivity contribution >= 4 is 26.6 Å². The average molecular weight is 346 g/mol. The van der Waals surface area contributed by atoms with E-state index in [9.17, 15) is 18.0 Å². The number of carbonyl (C=O) groups excluding carboxylic acids is 1. The van der Waals surface area contributed by atoms with Crippen LogP contribution in [0, 0.1) is 0 Å². The van der Waals surface area contributed by atoms with E-state index in [2.05, 4.69) is 0 Å². The molecule has 1 amide bonds. The second-order valence-electron chi connectivity index (χ2n) is 6.30. The molecule has 0 aliphatic carbocycles. The van der Waals surface area contributed by atoms with E-state index in [1.165, 1.54) is 16.7 Å². The number of nitrogens with two attached hydrogens (primary N) is 1. The predicted octanol–water partition coefficient (Wildman–Crippen LogP) is 1.71. The number of aromatic nitrogens is 1. The van der Waals surface area contributed by atoms with Gasteiger partial charge in [0.2, 0.25) is 0 Å². The third kappa shape index (κ3) is 2.75. The van der Waals surface area contributed by atoms with E-state index in [1.807, 2.05) is 32.0 Å². The van der Waals surface area contributed by atoms with Gasteiger partial charge < -0.3 is 5.73 Å². The standard InChI is InChI=1S/C17H18N2O4S/c1-10(2)11-3-4-12-7-14(16(18)20)17(21)19(15(12)8-11)13-5-6-24(22,23)9-13/h3-8,10,13H,9H2,1-2H3,(H2,18,20). The number of pyridine rings is 1. The number of fused-ring (bicyclic) bond motifs is 1. The van der Waals surface area contributed by atoms with Crippen molar-refractivity contribution in [3.63, 3.8) is 0 Å². The fraction of sp³-hybridized carbons (Fsp3) is 0.294. The molecule has 2 N–H and O–H groups in total. The maximum atomic E-state index is 12.7. The zero-order valence-corrected chi connectivity index (χ0v) is 14.2. The summed E-state index contributed by atoms with van der Waals surface area (Å²) in [5.41, 5.74) is 6.23. The van der Waals surface area contributed by atoms with E-state index in [4.69, 9.17) is 5.73 Å². The minimum Gasteiger partial charge on any atom is -0.365 e. The molecule has 0 spiro atoms. The maximum absolute atomic E-state index is 12.7. The zero-order chi connectivity index (χ0) is 17.6. The van der Waals surface area contributed by atoms with Gasteiger partial charge in [0.15, 0.2) is 9.84 Å². The number of allylic oxidation sites excluding steroid dienone is 1. The molecule has 1 aliphatic rings. The van der Waals surface area contributed by atoms with E-state index in [0.29, 0.717) is 10.9 Å². The Balaban J connectivity index is 2.36. The molecule has 0 saturated heterocycles. The van der Waals surface area contributed by atoms with Crippen molar-refractivity contribution in [2.75, 3.05) is 5.75 Å². The third-order valence-electron chi connectivity index (χ3n) is 4.24. The second kappa shape index (κ2) is 5.59. The van der Waals surface area contributed by atoms with E-state index >= 15 is 0 Å². The molecule has 3 rings (SSSR count). The van der Waals surface area contributed by atoms with Gasteiger partial charge in [0.1, 0.15) is 5.56 Å². The third-order valence-corrected chi connectivity index (χ3v) is 5.62. The summed E-state index contributed by atoms with van der Waals surface area (Å²) in [6.07, 6.45) is 1.48. The van der Waals surface area contributed by atoms with Crippen molar-refractivity contribution in [3.8, 4) is 0 Å². The number of primary amides is 1. The lowest BCUT2D eigenvalue weighted by atomic mass is 10.00. The number of benzene rings is 1. The van der Waals surface area contributed by atoms with Gasteiger partial charge in [-0.25, -0.2) is 8.42 Å². The summed E-state index contributed by atoms with van der Waals surface area (Å²) >= 11 is 0. The molecule has 0 bridgehead atoms. The van der Waals surface area contributed by atoms with Gasteiger partial charge in [0.05, 0.1) is 17.3 Å². The summed E-state index contributed by atoms with van der Waals surface area (Å²) in [6, 6.07) is 6.43. The normalized spacial score (nSPS) is 19.2. The molecule has 1 unspecified atom stereocenters. The molecule has 2 aromatic rings. The van der Waals surface area contributed by atoms with Crippen molar-refractivity contribution in [2.45, 2.75) is 25.8 Å². The molecule has 1 aromatic carbocycles. The minimum atomic E-state index is -3.35. The lowest BCUT2D eigenvalue weighted by molar-refractivity contribution is 0.0998. The van der Waals surface area contributed by atoms with E-state index in [0.717, 1.165) is 11.0 Å². The summed E-state index contributed by atoms with van der Waals surface area (Å²) in [5, 5.41) is 1.78. The van der Waals surface area contributed by atoms with Crippen LogP contribution >= 0.6 is 0 Å². The Kier molecular flexibility index (Phi) is 3.83. The zero-order valence-electron chi connectivity index (χ0n) is 13.4. The van der Waals surface area contributed by atoms with Crippen LogP contribution in [0.1, 0.15) is 41.7 Å². The van der Waals surface area contributed by atoms with Crippen molar-refractivity contribution < 1.29 is 13.2 Å². The van der Waals surface area contributed by atoms with Gasteiger partial charge in [0.25, 0.3) is 11.5 Å². The van der Waals surface area contributed by atoms with Crippen molar-refractivity contribution in [2.24, 2.45) is 5.73 Å². The molecule has 1 aromatic heterocycles. The highest BCUT2D eigenvalue weighted by molar-refractivity contribution is 7.94. The lowest BCUT2D eigenvalue weighted by Gasteiger charge is -2.18. The number of nitrogens with zero attached hydrogens (tertiary/aromatic N) is 1. The molecule has 1 atom stereocenters. The summed E-state index contributed by atoms with van der Waals surface area (Å²) < 4.78 is 24.9. The Morgan fingerprint density at radius 1 is 1.29 bits per heavy atom. The number of hydrogen-bond donors (Lipinski definition) is 1. The van der Waals surface area contributed by atoms with Gasteiger partial charge in [-0.15, -0.1) is 0 Å². The maximum Gasteiger partial charge on any atom is 0.264 e. The first-order valence-corrected chi connectivity index (χ1v) is 9.31. The Bertz CT molecular complexity index is 1030.